The van der Waals surface area contributed by atoms with Crippen LogP contribution in [0.25, 0.3) is 11.0 Å². The number of hydrogen-bond acceptors (Lipinski definition) is 6. The Hall–Kier alpha value is -3.33. The largest absolute Gasteiger partial charge is 0.345 e. The maximum Gasteiger partial charge on any atom is 0.325 e. The van der Waals surface area contributed by atoms with E-state index >= 15 is 0 Å². The predicted molar refractivity (Wildman–Crippen MR) is 112 cm³/mol. The fourth-order valence-electron chi connectivity index (χ4n) is 3.68. The van der Waals surface area contributed by atoms with Crippen LogP contribution in [0.3, 0.4) is 0 Å². The van der Waals surface area contributed by atoms with Crippen LogP contribution in [0.15, 0.2) is 37.1 Å². The molecule has 0 spiro atoms. The summed E-state index contributed by atoms with van der Waals surface area (Å²) in [6, 6.07) is 5.25. The third-order valence-corrected chi connectivity index (χ3v) is 6.02. The molecule has 2 amide bonds. The van der Waals surface area contributed by atoms with E-state index in [4.69, 9.17) is 0 Å². The first-order chi connectivity index (χ1) is 14.3. The summed E-state index contributed by atoms with van der Waals surface area (Å²) in [5.41, 5.74) is 5.90. The van der Waals surface area contributed by atoms with Gasteiger partial charge in [0.15, 0.2) is 5.13 Å². The molecule has 0 saturated carbocycles. The van der Waals surface area contributed by atoms with Gasteiger partial charge in [0, 0.05) is 22.5 Å². The van der Waals surface area contributed by atoms with Crippen molar-refractivity contribution in [1.29, 1.82) is 0 Å². The normalized spacial score (nSPS) is 12.8. The Morgan fingerprint density at radius 3 is 3.03 bits per heavy atom. The van der Waals surface area contributed by atoms with E-state index in [-0.39, 0.29) is 6.03 Å². The van der Waals surface area contributed by atoms with Crippen LogP contribution in [0.5, 0.6) is 0 Å². The summed E-state index contributed by atoms with van der Waals surface area (Å²) in [6.07, 6.45) is 10.1. The van der Waals surface area contributed by atoms with Crippen LogP contribution in [0.4, 0.5) is 15.6 Å². The predicted octanol–water partition coefficient (Wildman–Crippen LogP) is 3.73. The molecule has 9 heteroatoms. The molecule has 1 aromatic carbocycles. The fourth-order valence-corrected chi connectivity index (χ4v) is 4.49. The smallest absolute Gasteiger partial charge is 0.325 e. The fraction of sp³-hybridized carbons (Fsp3) is 0.250. The van der Waals surface area contributed by atoms with Gasteiger partial charge in [0.2, 0.25) is 0 Å². The summed E-state index contributed by atoms with van der Waals surface area (Å²) in [5, 5.41) is 6.20. The Balaban J connectivity index is 1.21. The number of aromatic nitrogens is 5. The maximum atomic E-state index is 12.4. The number of nitrogens with zero attached hydrogens (tertiary/aromatic N) is 4. The number of aryl methyl sites for hydroxylation is 3. The number of imidazole rings is 1. The number of H-pyrrole nitrogens is 1. The molecule has 3 aromatic heterocycles. The number of benzene rings is 1. The number of rotatable bonds is 5. The third kappa shape index (κ3) is 3.68. The molecule has 29 heavy (non-hydrogen) atoms. The summed E-state index contributed by atoms with van der Waals surface area (Å²) >= 11 is 1.48. The highest BCUT2D eigenvalue weighted by atomic mass is 32.1. The number of amides is 2. The Bertz CT molecular complexity index is 1180. The van der Waals surface area contributed by atoms with Crippen molar-refractivity contribution < 1.29 is 4.79 Å². The second-order valence-corrected chi connectivity index (χ2v) is 8.03. The van der Waals surface area contributed by atoms with Gasteiger partial charge in [-0.1, -0.05) is 6.07 Å². The van der Waals surface area contributed by atoms with Crippen molar-refractivity contribution in [3.63, 3.8) is 0 Å². The second kappa shape index (κ2) is 7.59. The van der Waals surface area contributed by atoms with E-state index in [9.17, 15) is 4.79 Å². The molecule has 3 N–H and O–H groups in total. The molecule has 3 heterocycles. The van der Waals surface area contributed by atoms with Gasteiger partial charge in [0.1, 0.15) is 11.8 Å². The van der Waals surface area contributed by atoms with Crippen LogP contribution in [0.1, 0.15) is 28.2 Å². The van der Waals surface area contributed by atoms with E-state index in [0.29, 0.717) is 10.8 Å². The van der Waals surface area contributed by atoms with E-state index in [1.54, 1.807) is 12.7 Å². The topological polar surface area (TPSA) is 108 Å². The Kier molecular flexibility index (Phi) is 4.65. The van der Waals surface area contributed by atoms with Crippen LogP contribution < -0.4 is 10.6 Å². The average Bonchev–Trinajstić information content (AvgIpc) is 3.47. The van der Waals surface area contributed by atoms with Crippen molar-refractivity contribution in [2.45, 2.75) is 32.1 Å². The van der Waals surface area contributed by atoms with Gasteiger partial charge < -0.3 is 10.3 Å². The number of aromatic amines is 1. The molecule has 0 aliphatic heterocycles. The molecule has 4 aromatic rings. The van der Waals surface area contributed by atoms with Gasteiger partial charge in [-0.05, 0) is 49.8 Å². The molecular weight excluding hydrogens is 386 g/mol. The van der Waals surface area contributed by atoms with Gasteiger partial charge in [-0.3, -0.25) is 5.32 Å². The lowest BCUT2D eigenvalue weighted by atomic mass is 10.1. The zero-order chi connectivity index (χ0) is 19.6. The highest BCUT2D eigenvalue weighted by molar-refractivity contribution is 7.15. The van der Waals surface area contributed by atoms with Crippen molar-refractivity contribution >= 4 is 39.2 Å². The van der Waals surface area contributed by atoms with E-state index in [1.807, 2.05) is 24.4 Å². The summed E-state index contributed by atoms with van der Waals surface area (Å²) in [6.45, 7) is 0. The minimum Gasteiger partial charge on any atom is -0.345 e. The third-order valence-electron chi connectivity index (χ3n) is 5.04. The van der Waals surface area contributed by atoms with E-state index in [0.717, 1.165) is 53.7 Å². The Labute approximate surface area is 170 Å². The average molecular weight is 405 g/mol. The molecule has 0 saturated heterocycles. The van der Waals surface area contributed by atoms with Gasteiger partial charge >= 0.3 is 6.03 Å². The number of fused-ring (bicyclic) bond motifs is 2. The van der Waals surface area contributed by atoms with Gasteiger partial charge in [-0.25, -0.2) is 24.7 Å². The van der Waals surface area contributed by atoms with Gasteiger partial charge in [0.05, 0.1) is 17.5 Å². The molecule has 0 radical (unpaired) electrons. The highest BCUT2D eigenvalue weighted by Gasteiger charge is 2.17. The number of carbonyl (C=O) groups is 1. The zero-order valence-corrected chi connectivity index (χ0v) is 16.4. The highest BCUT2D eigenvalue weighted by Crippen LogP contribution is 2.25. The number of thiazole rings is 1. The lowest BCUT2D eigenvalue weighted by Crippen LogP contribution is -2.19. The minimum atomic E-state index is -0.338. The monoisotopic (exact) mass is 405 g/mol. The Morgan fingerprint density at radius 2 is 2.07 bits per heavy atom. The summed E-state index contributed by atoms with van der Waals surface area (Å²) < 4.78 is 0. The van der Waals surface area contributed by atoms with Crippen LogP contribution in [-0.4, -0.2) is 31.0 Å². The van der Waals surface area contributed by atoms with Crippen LogP contribution in [-0.2, 0) is 25.7 Å². The lowest BCUT2D eigenvalue weighted by molar-refractivity contribution is 0.262. The van der Waals surface area contributed by atoms with Gasteiger partial charge in [-0.2, -0.15) is 0 Å². The molecule has 5 rings (SSSR count). The van der Waals surface area contributed by atoms with Crippen molar-refractivity contribution in [1.82, 2.24) is 24.9 Å². The molecule has 8 nitrogen and oxygen atoms in total. The molecule has 146 valence electrons. The van der Waals surface area contributed by atoms with E-state index in [2.05, 4.69) is 35.6 Å². The van der Waals surface area contributed by atoms with Crippen molar-refractivity contribution in [3.05, 3.63) is 58.9 Å². The van der Waals surface area contributed by atoms with Crippen molar-refractivity contribution in [2.24, 2.45) is 0 Å². The zero-order valence-electron chi connectivity index (χ0n) is 15.6. The lowest BCUT2D eigenvalue weighted by Gasteiger charge is -2.06. The first-order valence-electron chi connectivity index (χ1n) is 9.53. The number of para-hydroxylation sites is 1. The van der Waals surface area contributed by atoms with Crippen molar-refractivity contribution in [3.8, 4) is 0 Å². The minimum absolute atomic E-state index is 0.338. The standard InChI is InChI=1S/C20H19N7OS/c28-19(26-17-6-2-5-16-18(17)25-11-24-16)27-20-21-9-12(29-20)7-8-15-13-3-1-4-14(13)22-10-23-15/h2,5-6,9-11H,1,3-4,7-8H2,(H,24,25)(H2,21,26,27,28). The maximum absolute atomic E-state index is 12.4. The summed E-state index contributed by atoms with van der Waals surface area (Å²) in [7, 11) is 0. The van der Waals surface area contributed by atoms with Gasteiger partial charge in [-0.15, -0.1) is 11.3 Å². The van der Waals surface area contributed by atoms with E-state index in [1.165, 1.54) is 22.6 Å². The SMILES string of the molecule is O=C(Nc1ncc(CCc2ncnc3c2CCC3)s1)Nc1cccc2[nH]cnc12. The molecule has 0 fully saturated rings. The van der Waals surface area contributed by atoms with Crippen molar-refractivity contribution in [2.75, 3.05) is 10.6 Å². The van der Waals surface area contributed by atoms with E-state index < -0.39 is 0 Å². The molecular formula is C20H19N7OS. The summed E-state index contributed by atoms with van der Waals surface area (Å²) in [5.74, 6) is 0. The number of anilines is 2. The number of urea groups is 1. The van der Waals surface area contributed by atoms with Crippen LogP contribution in [0, 0.1) is 0 Å². The molecule has 0 bridgehead atoms. The van der Waals surface area contributed by atoms with Crippen LogP contribution >= 0.6 is 11.3 Å². The number of hydrogen-bond donors (Lipinski definition) is 3. The number of carbonyl (C=O) groups excluding carboxylic acids is 1. The van der Waals surface area contributed by atoms with Crippen LogP contribution in [0.2, 0.25) is 0 Å². The quantitative estimate of drug-likeness (QED) is 0.469. The molecule has 0 unspecified atom stereocenters. The number of nitrogens with one attached hydrogen (secondary N) is 3. The first kappa shape index (κ1) is 17.7. The molecule has 0 atom stereocenters. The molecule has 1 aliphatic carbocycles. The Morgan fingerprint density at radius 1 is 1.10 bits per heavy atom. The molecule has 1 aliphatic rings. The van der Waals surface area contributed by atoms with Gasteiger partial charge in [0.25, 0.3) is 0 Å². The summed E-state index contributed by atoms with van der Waals surface area (Å²) in [4.78, 5) is 33.9. The first-order valence-corrected chi connectivity index (χ1v) is 10.3. The second-order valence-electron chi connectivity index (χ2n) is 6.91.